The Balaban J connectivity index is 2.41. The van der Waals surface area contributed by atoms with Gasteiger partial charge in [0.25, 0.3) is 10.0 Å². The largest absolute Gasteiger partial charge is 0.326 e. The second kappa shape index (κ2) is 6.83. The molecular weight excluding hydrogens is 312 g/mol. The number of sulfonamides is 1. The zero-order valence-electron chi connectivity index (χ0n) is 13.4. The predicted molar refractivity (Wildman–Crippen MR) is 92.1 cm³/mol. The normalized spacial score (nSPS) is 11.1. The van der Waals surface area contributed by atoms with E-state index in [-0.39, 0.29) is 10.8 Å². The van der Waals surface area contributed by atoms with E-state index in [0.29, 0.717) is 16.9 Å². The number of rotatable bonds is 5. The van der Waals surface area contributed by atoms with Gasteiger partial charge < -0.3 is 5.32 Å². The molecule has 0 spiro atoms. The molecule has 0 unspecified atom stereocenters. The fourth-order valence-corrected chi connectivity index (χ4v) is 3.67. The first-order valence-electron chi connectivity index (χ1n) is 7.32. The van der Waals surface area contributed by atoms with Crippen molar-refractivity contribution in [2.24, 2.45) is 0 Å². The van der Waals surface area contributed by atoms with Crippen molar-refractivity contribution in [1.29, 1.82) is 0 Å². The molecule has 0 aromatic heterocycles. The minimum atomic E-state index is -3.74. The summed E-state index contributed by atoms with van der Waals surface area (Å²) in [6.07, 6.45) is 0.726. The number of amides is 1. The third kappa shape index (κ3) is 4.10. The first kappa shape index (κ1) is 17.0. The van der Waals surface area contributed by atoms with E-state index in [1.54, 1.807) is 31.2 Å². The number of hydrogen-bond donors (Lipinski definition) is 2. The summed E-state index contributed by atoms with van der Waals surface area (Å²) < 4.78 is 28.0. The van der Waals surface area contributed by atoms with Crippen LogP contribution in [-0.2, 0) is 21.2 Å². The Kier molecular flexibility index (Phi) is 5.05. The van der Waals surface area contributed by atoms with Gasteiger partial charge in [0.2, 0.25) is 5.91 Å². The van der Waals surface area contributed by atoms with Gasteiger partial charge in [-0.25, -0.2) is 8.42 Å². The Morgan fingerprint density at radius 2 is 1.83 bits per heavy atom. The first-order chi connectivity index (χ1) is 10.8. The molecule has 5 nitrogen and oxygen atoms in total. The van der Waals surface area contributed by atoms with Crippen LogP contribution in [0.1, 0.15) is 25.0 Å². The van der Waals surface area contributed by atoms with Crippen molar-refractivity contribution in [3.8, 4) is 0 Å². The summed E-state index contributed by atoms with van der Waals surface area (Å²) in [4.78, 5) is 11.3. The van der Waals surface area contributed by atoms with Gasteiger partial charge in [0, 0.05) is 12.6 Å². The van der Waals surface area contributed by atoms with E-state index < -0.39 is 10.0 Å². The number of hydrogen-bond acceptors (Lipinski definition) is 3. The molecular formula is C17H20N2O3S. The van der Waals surface area contributed by atoms with Crippen LogP contribution in [-0.4, -0.2) is 14.3 Å². The summed E-state index contributed by atoms with van der Waals surface area (Å²) in [7, 11) is -3.74. The van der Waals surface area contributed by atoms with Crippen LogP contribution in [0.5, 0.6) is 0 Å². The van der Waals surface area contributed by atoms with E-state index in [4.69, 9.17) is 0 Å². The van der Waals surface area contributed by atoms with Gasteiger partial charge in [-0.05, 0) is 42.7 Å². The van der Waals surface area contributed by atoms with Crippen LogP contribution in [0.3, 0.4) is 0 Å². The smallest absolute Gasteiger partial charge is 0.262 e. The monoisotopic (exact) mass is 332 g/mol. The zero-order chi connectivity index (χ0) is 17.0. The molecule has 0 heterocycles. The SMILES string of the molecule is CCc1ccccc1NS(=O)(=O)c1cc(NC(C)=O)ccc1C. The number of carbonyl (C=O) groups excluding carboxylic acids is 1. The fourth-order valence-electron chi connectivity index (χ4n) is 2.30. The number of benzene rings is 2. The van der Waals surface area contributed by atoms with Gasteiger partial charge in [-0.15, -0.1) is 0 Å². The predicted octanol–water partition coefficient (Wildman–Crippen LogP) is 3.32. The Morgan fingerprint density at radius 1 is 1.13 bits per heavy atom. The lowest BCUT2D eigenvalue weighted by Crippen LogP contribution is -2.16. The topological polar surface area (TPSA) is 75.3 Å². The summed E-state index contributed by atoms with van der Waals surface area (Å²) in [6.45, 7) is 5.07. The van der Waals surface area contributed by atoms with Crippen LogP contribution in [0.4, 0.5) is 11.4 Å². The molecule has 6 heteroatoms. The minimum Gasteiger partial charge on any atom is -0.326 e. The number of anilines is 2. The molecule has 0 fully saturated rings. The third-order valence-electron chi connectivity index (χ3n) is 3.44. The fraction of sp³-hybridized carbons (Fsp3) is 0.235. The maximum Gasteiger partial charge on any atom is 0.262 e. The standard InChI is InChI=1S/C17H20N2O3S/c1-4-14-7-5-6-8-16(14)19-23(21,22)17-11-15(18-13(3)20)10-9-12(17)2/h5-11,19H,4H2,1-3H3,(H,18,20). The molecule has 0 aliphatic carbocycles. The average molecular weight is 332 g/mol. The van der Waals surface area contributed by atoms with E-state index in [1.165, 1.54) is 13.0 Å². The van der Waals surface area contributed by atoms with Gasteiger partial charge in [-0.1, -0.05) is 31.2 Å². The van der Waals surface area contributed by atoms with Crippen molar-refractivity contribution in [2.45, 2.75) is 32.1 Å². The Hall–Kier alpha value is -2.34. The van der Waals surface area contributed by atoms with Crippen LogP contribution in [0.15, 0.2) is 47.4 Å². The summed E-state index contributed by atoms with van der Waals surface area (Å²) in [5.74, 6) is -0.249. The molecule has 122 valence electrons. The van der Waals surface area contributed by atoms with E-state index in [1.807, 2.05) is 19.1 Å². The molecule has 2 rings (SSSR count). The first-order valence-corrected chi connectivity index (χ1v) is 8.80. The quantitative estimate of drug-likeness (QED) is 0.882. The molecule has 2 aromatic carbocycles. The van der Waals surface area contributed by atoms with Gasteiger partial charge in [-0.2, -0.15) is 0 Å². The minimum absolute atomic E-state index is 0.148. The highest BCUT2D eigenvalue weighted by Crippen LogP contribution is 2.24. The van der Waals surface area contributed by atoms with Crippen molar-refractivity contribution in [3.63, 3.8) is 0 Å². The average Bonchev–Trinajstić information content (AvgIpc) is 2.48. The highest BCUT2D eigenvalue weighted by molar-refractivity contribution is 7.92. The molecule has 0 aliphatic rings. The Bertz CT molecular complexity index is 829. The Labute approximate surface area is 136 Å². The molecule has 2 N–H and O–H groups in total. The lowest BCUT2D eigenvalue weighted by Gasteiger charge is -2.14. The Morgan fingerprint density at radius 3 is 2.48 bits per heavy atom. The van der Waals surface area contributed by atoms with E-state index in [2.05, 4.69) is 10.0 Å². The van der Waals surface area contributed by atoms with Gasteiger partial charge >= 0.3 is 0 Å². The van der Waals surface area contributed by atoms with Crippen molar-refractivity contribution < 1.29 is 13.2 Å². The molecule has 2 aromatic rings. The van der Waals surface area contributed by atoms with Gasteiger partial charge in [0.05, 0.1) is 10.6 Å². The molecule has 0 bridgehead atoms. The second-order valence-electron chi connectivity index (χ2n) is 5.28. The van der Waals surface area contributed by atoms with Crippen molar-refractivity contribution in [2.75, 3.05) is 10.0 Å². The highest BCUT2D eigenvalue weighted by Gasteiger charge is 2.19. The lowest BCUT2D eigenvalue weighted by molar-refractivity contribution is -0.114. The maximum atomic E-state index is 12.7. The van der Waals surface area contributed by atoms with Crippen LogP contribution < -0.4 is 10.0 Å². The number of nitrogens with one attached hydrogen (secondary N) is 2. The molecule has 0 radical (unpaired) electrons. The van der Waals surface area contributed by atoms with Crippen molar-refractivity contribution in [1.82, 2.24) is 0 Å². The van der Waals surface area contributed by atoms with Crippen molar-refractivity contribution in [3.05, 3.63) is 53.6 Å². The van der Waals surface area contributed by atoms with Crippen LogP contribution in [0.2, 0.25) is 0 Å². The van der Waals surface area contributed by atoms with Crippen molar-refractivity contribution >= 4 is 27.3 Å². The maximum absolute atomic E-state index is 12.7. The van der Waals surface area contributed by atoms with Gasteiger partial charge in [0.1, 0.15) is 0 Å². The molecule has 0 aliphatic heterocycles. The van der Waals surface area contributed by atoms with Crippen LogP contribution in [0.25, 0.3) is 0 Å². The molecule has 0 saturated heterocycles. The number of aryl methyl sites for hydroxylation is 2. The second-order valence-corrected chi connectivity index (χ2v) is 6.93. The summed E-state index contributed by atoms with van der Waals surface area (Å²) in [6, 6.07) is 12.1. The zero-order valence-corrected chi connectivity index (χ0v) is 14.2. The summed E-state index contributed by atoms with van der Waals surface area (Å²) in [5, 5.41) is 2.60. The van der Waals surface area contributed by atoms with E-state index in [9.17, 15) is 13.2 Å². The molecule has 0 atom stereocenters. The van der Waals surface area contributed by atoms with Gasteiger partial charge in [-0.3, -0.25) is 9.52 Å². The van der Waals surface area contributed by atoms with E-state index >= 15 is 0 Å². The van der Waals surface area contributed by atoms with Crippen LogP contribution >= 0.6 is 0 Å². The summed E-state index contributed by atoms with van der Waals surface area (Å²) >= 11 is 0. The highest BCUT2D eigenvalue weighted by atomic mass is 32.2. The molecule has 0 saturated carbocycles. The number of para-hydroxylation sites is 1. The van der Waals surface area contributed by atoms with E-state index in [0.717, 1.165) is 12.0 Å². The summed E-state index contributed by atoms with van der Waals surface area (Å²) in [5.41, 5.74) is 2.55. The van der Waals surface area contributed by atoms with Crippen LogP contribution in [0, 0.1) is 6.92 Å². The molecule has 1 amide bonds. The lowest BCUT2D eigenvalue weighted by atomic mass is 10.1. The third-order valence-corrected chi connectivity index (χ3v) is 4.95. The number of carbonyl (C=O) groups is 1. The molecule has 23 heavy (non-hydrogen) atoms. The van der Waals surface area contributed by atoms with Gasteiger partial charge in [0.15, 0.2) is 0 Å².